The SMILES string of the molecule is FC(F)C(F)(F)C(F)(F)C(F)(F)C(F)(F)C(F)(F)COc1cccc(-c2c3nc(c(-c4cccc(OCC(F)(F)C(F)(F)C(F)(F)C(F)(F)C(F)(F)C(F)F)c4)c4ccc([nH]4)c(-c4cccc(OCC(F)(F)C(F)(F)C(F)(F)C(F)(F)C(F)(F)C(F)F)c4)c4nc(c(-c5cccc(OCC(F)(F)C(F)(F)C(F)(F)C(F)(F)C(F)(F)C(F)F)c5)c5ccc2[nH]5)C=C4)C=C3)c1. The van der Waals surface area contributed by atoms with Crippen LogP contribution in [0.5, 0.6) is 23.0 Å². The molecule has 2 N–H and O–H groups in total. The fourth-order valence-corrected chi connectivity index (χ4v) is 11.5. The first-order valence-electron chi connectivity index (χ1n) is 33.7. The topological polar surface area (TPSA) is 94.3 Å². The number of alkyl halides is 48. The van der Waals surface area contributed by atoms with E-state index < -0.39 is 283 Å². The summed E-state index contributed by atoms with van der Waals surface area (Å²) in [5.41, 5.74) is -11.4. The molecule has 9 rings (SSSR count). The van der Waals surface area contributed by atoms with Crippen LogP contribution in [0.2, 0.25) is 0 Å². The summed E-state index contributed by atoms with van der Waals surface area (Å²) in [6.45, 7) is -13.4. The molecule has 706 valence electrons. The highest BCUT2D eigenvalue weighted by Crippen LogP contribution is 2.64. The Bertz CT molecular complexity index is 4840. The molecular weight excluding hydrogens is 1900 g/mol. The Kier molecular flexibility index (Phi) is 25.9. The van der Waals surface area contributed by atoms with Gasteiger partial charge in [0.1, 0.15) is 23.0 Å². The monoisotopic (exact) mass is 1930 g/mol. The van der Waals surface area contributed by atoms with Crippen molar-refractivity contribution in [2.75, 3.05) is 26.4 Å². The summed E-state index contributed by atoms with van der Waals surface area (Å²) in [5.74, 6) is -159. The van der Waals surface area contributed by atoms with E-state index in [1.807, 2.05) is 0 Å². The van der Waals surface area contributed by atoms with Crippen molar-refractivity contribution in [3.05, 3.63) is 144 Å². The van der Waals surface area contributed by atoms with Gasteiger partial charge in [-0.1, -0.05) is 48.5 Å². The zero-order chi connectivity index (χ0) is 97.3. The molecule has 0 saturated carbocycles. The molecule has 0 aliphatic carbocycles. The van der Waals surface area contributed by atoms with Gasteiger partial charge in [0.25, 0.3) is 0 Å². The lowest BCUT2D eigenvalue weighted by Crippen LogP contribution is -2.69. The molecule has 0 fully saturated rings. The third-order valence-electron chi connectivity index (χ3n) is 18.7. The summed E-state index contributed by atoms with van der Waals surface area (Å²) in [5, 5.41) is 0. The number of H-pyrrole nitrogens is 2. The van der Waals surface area contributed by atoms with Crippen molar-refractivity contribution >= 4 is 46.4 Å². The Labute approximate surface area is 677 Å². The van der Waals surface area contributed by atoms with E-state index >= 15 is 70.2 Å². The molecule has 2 aliphatic rings. The van der Waals surface area contributed by atoms with Crippen LogP contribution in [0.1, 0.15) is 22.8 Å². The van der Waals surface area contributed by atoms with Crippen LogP contribution in [0.4, 0.5) is 211 Å². The van der Waals surface area contributed by atoms with Crippen molar-refractivity contribution in [3.8, 4) is 67.5 Å². The molecule has 2 aliphatic heterocycles. The lowest BCUT2D eigenvalue weighted by atomic mass is 9.94. The van der Waals surface area contributed by atoms with Crippen molar-refractivity contribution in [2.45, 2.75) is 144 Å². The average Bonchev–Trinajstić information content (AvgIpc) is 0.872. The molecule has 128 heavy (non-hydrogen) atoms. The van der Waals surface area contributed by atoms with Crippen molar-refractivity contribution in [1.82, 2.24) is 19.9 Å². The van der Waals surface area contributed by atoms with Crippen molar-refractivity contribution in [2.24, 2.45) is 0 Å². The normalized spacial score (nSPS) is 14.9. The van der Waals surface area contributed by atoms with Gasteiger partial charge in [-0.3, -0.25) is 0 Å². The van der Waals surface area contributed by atoms with Crippen LogP contribution < -0.4 is 18.9 Å². The third kappa shape index (κ3) is 16.2. The second kappa shape index (κ2) is 32.8. The summed E-state index contributed by atoms with van der Waals surface area (Å²) in [6.07, 6.45) is -20.7. The van der Waals surface area contributed by atoms with E-state index in [4.69, 9.17) is 0 Å². The maximum absolute atomic E-state index is 15.3. The smallest absolute Gasteiger partial charge is 0.384 e. The Balaban J connectivity index is 1.32. The van der Waals surface area contributed by atoms with Gasteiger partial charge in [-0.25, -0.2) is 45.1 Å². The van der Waals surface area contributed by atoms with Crippen molar-refractivity contribution in [1.29, 1.82) is 0 Å². The summed E-state index contributed by atoms with van der Waals surface area (Å²) in [4.78, 5) is 14.0. The molecule has 8 bridgehead atoms. The largest absolute Gasteiger partial charge is 0.487 e. The first-order chi connectivity index (χ1) is 57.9. The highest BCUT2D eigenvalue weighted by molar-refractivity contribution is 6.00. The van der Waals surface area contributed by atoms with E-state index in [2.05, 4.69) is 38.9 Å². The van der Waals surface area contributed by atoms with Gasteiger partial charge in [-0.2, -0.15) is 176 Å². The quantitative estimate of drug-likeness (QED) is 0.0380. The van der Waals surface area contributed by atoms with Gasteiger partial charge >= 0.3 is 144 Å². The Morgan fingerprint density at radius 2 is 0.383 bits per heavy atom. The number of halogens is 48. The zero-order valence-electron chi connectivity index (χ0n) is 60.7. The van der Waals surface area contributed by atoms with Gasteiger partial charge in [0.05, 0.1) is 22.8 Å². The highest BCUT2D eigenvalue weighted by Gasteiger charge is 2.92. The fraction of sp³-hybridized carbons (Fsp3) is 0.389. The number of ether oxygens (including phenoxy) is 4. The maximum Gasteiger partial charge on any atom is 0.384 e. The van der Waals surface area contributed by atoms with Crippen molar-refractivity contribution < 1.29 is 230 Å². The van der Waals surface area contributed by atoms with Gasteiger partial charge in [0, 0.05) is 44.3 Å². The average molecular weight is 1940 g/mol. The molecule has 0 saturated heterocycles. The van der Waals surface area contributed by atoms with Crippen LogP contribution in [-0.2, 0) is 0 Å². The Hall–Kier alpha value is -10.7. The lowest BCUT2D eigenvalue weighted by molar-refractivity contribution is -0.414. The van der Waals surface area contributed by atoms with Crippen LogP contribution in [0.25, 0.3) is 90.9 Å². The van der Waals surface area contributed by atoms with E-state index in [1.54, 1.807) is 0 Å². The molecule has 0 radical (unpaired) electrons. The predicted molar refractivity (Wildman–Crippen MR) is 346 cm³/mol. The number of nitrogens with zero attached hydrogens (tertiary/aromatic N) is 2. The van der Waals surface area contributed by atoms with Crippen LogP contribution in [0.15, 0.2) is 121 Å². The van der Waals surface area contributed by atoms with E-state index in [-0.39, 0.29) is 0 Å². The number of hydrogen-bond donors (Lipinski definition) is 2. The number of aromatic amines is 2. The lowest BCUT2D eigenvalue weighted by Gasteiger charge is -2.39. The summed E-state index contributed by atoms with van der Waals surface area (Å²) < 4.78 is 705. The molecule has 3 aromatic heterocycles. The zero-order valence-corrected chi connectivity index (χ0v) is 60.7. The first-order valence-corrected chi connectivity index (χ1v) is 33.7. The molecule has 0 amide bonds. The van der Waals surface area contributed by atoms with Crippen LogP contribution >= 0.6 is 0 Å². The molecular formula is C72H38F48N4O4. The van der Waals surface area contributed by atoms with E-state index in [1.165, 1.54) is 0 Å². The molecule has 5 heterocycles. The Morgan fingerprint density at radius 1 is 0.219 bits per heavy atom. The van der Waals surface area contributed by atoms with Gasteiger partial charge in [-0.05, 0) is 119 Å². The number of hydrogen-bond acceptors (Lipinski definition) is 6. The number of fused-ring (bicyclic) bond motifs is 8. The summed E-state index contributed by atoms with van der Waals surface area (Å²) >= 11 is 0. The van der Waals surface area contributed by atoms with Gasteiger partial charge in [0.15, 0.2) is 26.4 Å². The van der Waals surface area contributed by atoms with Crippen LogP contribution in [0, 0.1) is 0 Å². The second-order valence-corrected chi connectivity index (χ2v) is 27.2. The Morgan fingerprint density at radius 3 is 0.539 bits per heavy atom. The fourth-order valence-electron chi connectivity index (χ4n) is 11.5. The molecule has 56 heteroatoms. The van der Waals surface area contributed by atoms with Crippen LogP contribution in [0.3, 0.4) is 0 Å². The van der Waals surface area contributed by atoms with E-state index in [0.29, 0.717) is 72.8 Å². The number of benzene rings is 4. The standard InChI is InChI=1S/C72H38F48N4O4/c73-49(74)57(89,90)65(105,106)69(113,114)61(97,98)53(81,82)25-125-33-9-1-5-29(21-33)45-37-13-15-39(121-37)46(30-6-2-10-34(22-30)126-26-54(83,84)62(99,100)70(115,116)66(107,108)58(91,92)50(75)76)41-17-19-43(123-41)48(32-8-4-12-36(24-32)128-28-56(87,88)64(103,104)72(119,120)68(111,112)60(95,96)52(79)80)44-20-18-42(124-44)47(40-16-14-38(45)122-40)31-7-3-11-35(23-31)127-27-55(85,86)63(101,102)71(117,118)67(109,110)59(93,94)51(77)78/h1-24,49-52,121,124H,25-28H2. The maximum atomic E-state index is 15.3. The number of rotatable bonds is 36. The van der Waals surface area contributed by atoms with Gasteiger partial charge in [0.2, 0.25) is 0 Å². The first kappa shape index (κ1) is 101. The highest BCUT2D eigenvalue weighted by atomic mass is 19.4. The van der Waals surface area contributed by atoms with E-state index in [9.17, 15) is 140 Å². The molecule has 0 spiro atoms. The molecule has 4 aromatic carbocycles. The molecule has 0 atom stereocenters. The van der Waals surface area contributed by atoms with Gasteiger partial charge in [-0.15, -0.1) is 0 Å². The summed E-state index contributed by atoms with van der Waals surface area (Å²) in [7, 11) is 0. The molecule has 8 nitrogen and oxygen atoms in total. The minimum atomic E-state index is -8.15. The third-order valence-corrected chi connectivity index (χ3v) is 18.7. The summed E-state index contributed by atoms with van der Waals surface area (Å²) in [6, 6.07) is 12.0. The predicted octanol–water partition coefficient (Wildman–Crippen LogP) is 26.6. The minimum Gasteiger partial charge on any atom is -0.487 e. The minimum absolute atomic E-state index is 0.372. The number of aromatic nitrogens is 4. The number of nitrogens with one attached hydrogen (secondary N) is 2. The van der Waals surface area contributed by atoms with Gasteiger partial charge < -0.3 is 28.9 Å². The van der Waals surface area contributed by atoms with E-state index in [0.717, 1.165) is 72.8 Å². The molecule has 7 aromatic rings. The van der Waals surface area contributed by atoms with Crippen LogP contribution in [-0.4, -0.2) is 191 Å². The second-order valence-electron chi connectivity index (χ2n) is 27.2. The van der Waals surface area contributed by atoms with Crippen molar-refractivity contribution in [3.63, 3.8) is 0 Å². The molecule has 0 unspecified atom stereocenters.